The van der Waals surface area contributed by atoms with Crippen LogP contribution in [-0.2, 0) is 4.74 Å². The topological polar surface area (TPSA) is 62.0 Å². The Morgan fingerprint density at radius 3 is 2.94 bits per heavy atom. The van der Waals surface area contributed by atoms with Crippen LogP contribution in [0.3, 0.4) is 0 Å². The van der Waals surface area contributed by atoms with Crippen molar-refractivity contribution in [3.63, 3.8) is 0 Å². The summed E-state index contributed by atoms with van der Waals surface area (Å²) in [5.74, 6) is 0.819. The summed E-state index contributed by atoms with van der Waals surface area (Å²) in [6.07, 6.45) is 0. The van der Waals surface area contributed by atoms with Crippen LogP contribution in [0.1, 0.15) is 0 Å². The van der Waals surface area contributed by atoms with Crippen molar-refractivity contribution in [3.05, 3.63) is 24.3 Å². The molecule has 0 aliphatic carbocycles. The lowest BCUT2D eigenvalue weighted by Gasteiger charge is -2.04. The van der Waals surface area contributed by atoms with Gasteiger partial charge in [-0.15, -0.1) is 0 Å². The molecule has 1 heterocycles. The lowest BCUT2D eigenvalue weighted by Crippen LogP contribution is -2.25. The van der Waals surface area contributed by atoms with E-state index >= 15 is 0 Å². The Bertz CT molecular complexity index is 421. The smallest absolute Gasteiger partial charge is 0.201 e. The number of nitrogens with zero attached hydrogens (tertiary/aromatic N) is 1. The summed E-state index contributed by atoms with van der Waals surface area (Å²) in [5.41, 5.74) is 2.05. The van der Waals surface area contributed by atoms with E-state index in [-0.39, 0.29) is 0 Å². The Morgan fingerprint density at radius 1 is 1.24 bits per heavy atom. The van der Waals surface area contributed by atoms with Crippen molar-refractivity contribution in [2.75, 3.05) is 38.7 Å². The molecule has 17 heavy (non-hydrogen) atoms. The molecule has 0 fully saturated rings. The second kappa shape index (κ2) is 6.22. The summed E-state index contributed by atoms with van der Waals surface area (Å²) in [6.45, 7) is 3.34. The van der Waals surface area contributed by atoms with Crippen LogP contribution in [-0.4, -0.2) is 43.3 Å². The van der Waals surface area contributed by atoms with Gasteiger partial charge in [0.25, 0.3) is 0 Å². The highest BCUT2D eigenvalue weighted by Crippen LogP contribution is 2.12. The predicted molar refractivity (Wildman–Crippen MR) is 69.3 cm³/mol. The first-order valence-electron chi connectivity index (χ1n) is 5.78. The third-order valence-corrected chi connectivity index (χ3v) is 2.47. The molecule has 1 aromatic heterocycles. The van der Waals surface area contributed by atoms with Gasteiger partial charge in [-0.05, 0) is 12.1 Å². The number of fused-ring (bicyclic) bond motifs is 1. The highest BCUT2D eigenvalue weighted by Gasteiger charge is 1.99. The van der Waals surface area contributed by atoms with Gasteiger partial charge in [0.05, 0.1) is 17.6 Å². The van der Waals surface area contributed by atoms with E-state index in [4.69, 9.17) is 4.74 Å². The minimum Gasteiger partial charge on any atom is -0.383 e. The molecule has 0 saturated heterocycles. The highest BCUT2D eigenvalue weighted by molar-refractivity contribution is 5.77. The van der Waals surface area contributed by atoms with Gasteiger partial charge in [-0.3, -0.25) is 0 Å². The van der Waals surface area contributed by atoms with Gasteiger partial charge in [-0.2, -0.15) is 0 Å². The maximum atomic E-state index is 4.95. The zero-order valence-corrected chi connectivity index (χ0v) is 9.99. The summed E-state index contributed by atoms with van der Waals surface area (Å²) >= 11 is 0. The van der Waals surface area contributed by atoms with E-state index in [0.717, 1.165) is 43.2 Å². The first-order chi connectivity index (χ1) is 8.40. The van der Waals surface area contributed by atoms with E-state index in [1.54, 1.807) is 7.11 Å². The van der Waals surface area contributed by atoms with Crippen molar-refractivity contribution < 1.29 is 4.74 Å². The molecule has 5 nitrogen and oxygen atoms in total. The summed E-state index contributed by atoms with van der Waals surface area (Å²) in [5, 5.41) is 6.50. The van der Waals surface area contributed by atoms with Crippen LogP contribution < -0.4 is 10.6 Å². The number of benzene rings is 1. The minimum atomic E-state index is 0.741. The standard InChI is InChI=1S/C12H18N4O/c1-17-9-8-13-6-7-14-12-15-10-4-2-3-5-11(10)16-12/h2-5,13H,6-9H2,1H3,(H2,14,15,16). The Hall–Kier alpha value is -1.59. The molecular formula is C12H18N4O. The average Bonchev–Trinajstić information content (AvgIpc) is 2.76. The van der Waals surface area contributed by atoms with E-state index in [1.807, 2.05) is 24.3 Å². The van der Waals surface area contributed by atoms with E-state index in [2.05, 4.69) is 20.6 Å². The van der Waals surface area contributed by atoms with Gasteiger partial charge in [-0.1, -0.05) is 12.1 Å². The van der Waals surface area contributed by atoms with Gasteiger partial charge >= 0.3 is 0 Å². The second-order valence-electron chi connectivity index (χ2n) is 3.77. The Labute approximate surface area is 101 Å². The molecule has 0 aliphatic rings. The number of nitrogens with one attached hydrogen (secondary N) is 3. The van der Waals surface area contributed by atoms with E-state index in [0.29, 0.717) is 0 Å². The first kappa shape index (κ1) is 11.9. The largest absolute Gasteiger partial charge is 0.383 e. The molecule has 3 N–H and O–H groups in total. The fourth-order valence-electron chi connectivity index (χ4n) is 1.61. The van der Waals surface area contributed by atoms with Gasteiger partial charge in [0.1, 0.15) is 0 Å². The van der Waals surface area contributed by atoms with E-state index in [9.17, 15) is 0 Å². The van der Waals surface area contributed by atoms with Crippen molar-refractivity contribution in [1.82, 2.24) is 15.3 Å². The molecule has 0 radical (unpaired) electrons. The third kappa shape index (κ3) is 3.44. The fourth-order valence-corrected chi connectivity index (χ4v) is 1.61. The molecule has 92 valence electrons. The zero-order valence-electron chi connectivity index (χ0n) is 9.99. The van der Waals surface area contributed by atoms with E-state index < -0.39 is 0 Å². The maximum absolute atomic E-state index is 4.95. The maximum Gasteiger partial charge on any atom is 0.201 e. The van der Waals surface area contributed by atoms with Gasteiger partial charge in [0.2, 0.25) is 5.95 Å². The number of hydrogen-bond acceptors (Lipinski definition) is 4. The summed E-state index contributed by atoms with van der Waals surface area (Å²) in [7, 11) is 1.70. The molecule has 0 bridgehead atoms. The van der Waals surface area contributed by atoms with Crippen molar-refractivity contribution in [1.29, 1.82) is 0 Å². The molecule has 0 amide bonds. The number of rotatable bonds is 7. The number of imidazole rings is 1. The number of anilines is 1. The molecular weight excluding hydrogens is 216 g/mol. The van der Waals surface area contributed by atoms with Crippen molar-refractivity contribution in [2.24, 2.45) is 0 Å². The van der Waals surface area contributed by atoms with Crippen molar-refractivity contribution >= 4 is 17.0 Å². The summed E-state index contributed by atoms with van der Waals surface area (Å²) in [4.78, 5) is 7.65. The molecule has 5 heteroatoms. The minimum absolute atomic E-state index is 0.741. The van der Waals surface area contributed by atoms with Crippen LogP contribution >= 0.6 is 0 Å². The van der Waals surface area contributed by atoms with Crippen molar-refractivity contribution in [2.45, 2.75) is 0 Å². The molecule has 2 rings (SSSR count). The number of ether oxygens (including phenoxy) is 1. The summed E-state index contributed by atoms with van der Waals surface area (Å²) < 4.78 is 4.95. The van der Waals surface area contributed by atoms with Crippen LogP contribution in [0.15, 0.2) is 24.3 Å². The zero-order chi connectivity index (χ0) is 11.9. The molecule has 0 atom stereocenters. The molecule has 2 aromatic rings. The third-order valence-electron chi connectivity index (χ3n) is 2.47. The van der Waals surface area contributed by atoms with Gasteiger partial charge in [0, 0.05) is 26.7 Å². The fraction of sp³-hybridized carbons (Fsp3) is 0.417. The molecule has 0 spiro atoms. The molecule has 0 saturated carbocycles. The molecule has 1 aromatic carbocycles. The summed E-state index contributed by atoms with van der Waals surface area (Å²) in [6, 6.07) is 7.99. The Morgan fingerprint density at radius 2 is 2.12 bits per heavy atom. The quantitative estimate of drug-likeness (QED) is 0.630. The predicted octanol–water partition coefficient (Wildman–Crippen LogP) is 1.21. The number of aromatic amines is 1. The van der Waals surface area contributed by atoms with Gasteiger partial charge < -0.3 is 20.4 Å². The number of aromatic nitrogens is 2. The molecule has 0 unspecified atom stereocenters. The lowest BCUT2D eigenvalue weighted by molar-refractivity contribution is 0.200. The molecule has 0 aliphatic heterocycles. The van der Waals surface area contributed by atoms with Crippen LogP contribution in [0.2, 0.25) is 0 Å². The average molecular weight is 234 g/mol. The Balaban J connectivity index is 1.75. The number of hydrogen-bond donors (Lipinski definition) is 3. The highest BCUT2D eigenvalue weighted by atomic mass is 16.5. The van der Waals surface area contributed by atoms with Crippen LogP contribution in [0.25, 0.3) is 11.0 Å². The second-order valence-corrected chi connectivity index (χ2v) is 3.77. The van der Waals surface area contributed by atoms with Crippen molar-refractivity contribution in [3.8, 4) is 0 Å². The number of para-hydroxylation sites is 2. The van der Waals surface area contributed by atoms with Gasteiger partial charge in [0.15, 0.2) is 0 Å². The van der Waals surface area contributed by atoms with E-state index in [1.165, 1.54) is 0 Å². The number of H-pyrrole nitrogens is 1. The monoisotopic (exact) mass is 234 g/mol. The van der Waals surface area contributed by atoms with Crippen LogP contribution in [0.5, 0.6) is 0 Å². The van der Waals surface area contributed by atoms with Crippen LogP contribution in [0.4, 0.5) is 5.95 Å². The normalized spacial score (nSPS) is 10.9. The SMILES string of the molecule is COCCNCCNc1nc2ccccc2[nH]1. The first-order valence-corrected chi connectivity index (χ1v) is 5.78. The van der Waals surface area contributed by atoms with Crippen LogP contribution in [0, 0.1) is 0 Å². The Kier molecular flexibility index (Phi) is 4.35. The lowest BCUT2D eigenvalue weighted by atomic mass is 10.3. The van der Waals surface area contributed by atoms with Gasteiger partial charge in [-0.25, -0.2) is 4.98 Å². The number of methoxy groups -OCH3 is 1.